The van der Waals surface area contributed by atoms with Gasteiger partial charge in [-0.3, -0.25) is 0 Å². The van der Waals surface area contributed by atoms with E-state index in [1.807, 2.05) is 13.8 Å². The van der Waals surface area contributed by atoms with Crippen LogP contribution in [0.2, 0.25) is 0 Å². The highest BCUT2D eigenvalue weighted by molar-refractivity contribution is 4.47. The highest BCUT2D eigenvalue weighted by atomic mass is 15.1. The maximum Gasteiger partial charge on any atom is -0.00219 e. The van der Waals surface area contributed by atoms with Gasteiger partial charge in [0.05, 0.1) is 0 Å². The van der Waals surface area contributed by atoms with Gasteiger partial charge in [-0.15, -0.1) is 0 Å². The van der Waals surface area contributed by atoms with E-state index < -0.39 is 0 Å². The van der Waals surface area contributed by atoms with Gasteiger partial charge in [-0.1, -0.05) is 47.0 Å². The van der Waals surface area contributed by atoms with E-state index in [1.165, 1.54) is 38.8 Å². The first-order valence-electron chi connectivity index (χ1n) is 5.49. The van der Waals surface area contributed by atoms with Crippen LogP contribution in [-0.2, 0) is 0 Å². The molecule has 76 valence electrons. The van der Waals surface area contributed by atoms with Crippen molar-refractivity contribution in [3.8, 4) is 0 Å². The third-order valence-corrected chi connectivity index (χ3v) is 1.93. The fraction of sp³-hybridized carbons (Fsp3) is 1.00. The van der Waals surface area contributed by atoms with Gasteiger partial charge in [0.1, 0.15) is 0 Å². The van der Waals surface area contributed by atoms with Crippen LogP contribution < -0.4 is 0 Å². The largest absolute Gasteiger partial charge is 0.307 e. The highest BCUT2D eigenvalue weighted by Crippen LogP contribution is 1.99. The average Bonchev–Trinajstić information content (AvgIpc) is 2.15. The lowest BCUT2D eigenvalue weighted by molar-refractivity contribution is 0.341. The van der Waals surface area contributed by atoms with Crippen molar-refractivity contribution in [2.24, 2.45) is 0 Å². The molecule has 0 spiro atoms. The van der Waals surface area contributed by atoms with E-state index in [9.17, 15) is 0 Å². The normalized spacial score (nSPS) is 9.50. The number of rotatable bonds is 6. The van der Waals surface area contributed by atoms with Crippen LogP contribution >= 0.6 is 0 Å². The van der Waals surface area contributed by atoms with Gasteiger partial charge in [-0.2, -0.15) is 0 Å². The summed E-state index contributed by atoms with van der Waals surface area (Å²) in [5, 5.41) is 0. The first-order valence-corrected chi connectivity index (χ1v) is 5.49. The van der Waals surface area contributed by atoms with E-state index in [0.717, 1.165) is 0 Å². The Morgan fingerprint density at radius 1 is 0.917 bits per heavy atom. The lowest BCUT2D eigenvalue weighted by Crippen LogP contribution is -2.18. The van der Waals surface area contributed by atoms with Crippen molar-refractivity contribution in [1.29, 1.82) is 0 Å². The third-order valence-electron chi connectivity index (χ3n) is 1.93. The molecule has 0 rings (SSSR count). The molecule has 0 aromatic carbocycles. The Morgan fingerprint density at radius 2 is 1.50 bits per heavy atom. The summed E-state index contributed by atoms with van der Waals surface area (Å²) in [6, 6.07) is 0. The lowest BCUT2D eigenvalue weighted by atomic mass is 10.2. The number of hydrogen-bond donors (Lipinski definition) is 0. The van der Waals surface area contributed by atoms with Gasteiger partial charge >= 0.3 is 0 Å². The summed E-state index contributed by atoms with van der Waals surface area (Å²) in [6.07, 6.45) is 5.52. The van der Waals surface area contributed by atoms with Gasteiger partial charge in [0.2, 0.25) is 0 Å². The molecule has 0 aromatic rings. The van der Waals surface area contributed by atoms with E-state index >= 15 is 0 Å². The minimum absolute atomic E-state index is 1.19. The van der Waals surface area contributed by atoms with Gasteiger partial charge in [0.15, 0.2) is 0 Å². The molecule has 0 unspecified atom stereocenters. The van der Waals surface area contributed by atoms with E-state index in [-0.39, 0.29) is 0 Å². The van der Waals surface area contributed by atoms with Crippen LogP contribution in [0.1, 0.15) is 53.4 Å². The molecule has 0 N–H and O–H groups in total. The van der Waals surface area contributed by atoms with Crippen LogP contribution in [-0.4, -0.2) is 25.0 Å². The van der Waals surface area contributed by atoms with E-state index in [4.69, 9.17) is 0 Å². The molecule has 0 saturated heterocycles. The summed E-state index contributed by atoms with van der Waals surface area (Å²) in [4.78, 5) is 2.37. The van der Waals surface area contributed by atoms with Crippen LogP contribution in [0, 0.1) is 0 Å². The molecule has 0 saturated carbocycles. The lowest BCUT2D eigenvalue weighted by Gasteiger charge is -2.12. The zero-order chi connectivity index (χ0) is 9.82. The van der Waals surface area contributed by atoms with Gasteiger partial charge in [0.25, 0.3) is 0 Å². The molecular weight excluding hydrogens is 146 g/mol. The fourth-order valence-corrected chi connectivity index (χ4v) is 0.967. The van der Waals surface area contributed by atoms with Gasteiger partial charge in [-0.25, -0.2) is 0 Å². The van der Waals surface area contributed by atoms with E-state index in [2.05, 4.69) is 25.8 Å². The second-order valence-electron chi connectivity index (χ2n) is 2.96. The first kappa shape index (κ1) is 14.5. The van der Waals surface area contributed by atoms with Crippen LogP contribution in [0.5, 0.6) is 0 Å². The molecule has 0 aliphatic rings. The Bertz CT molecular complexity index is 62.0. The van der Waals surface area contributed by atoms with Crippen molar-refractivity contribution in [2.75, 3.05) is 20.1 Å². The molecular formula is C11H27N. The van der Waals surface area contributed by atoms with Crippen molar-refractivity contribution < 1.29 is 0 Å². The Morgan fingerprint density at radius 3 is 1.92 bits per heavy atom. The summed E-state index contributed by atoms with van der Waals surface area (Å²) in [5.74, 6) is 0. The SMILES string of the molecule is CC.CCCCCCN(C)CC. The maximum absolute atomic E-state index is 2.37. The van der Waals surface area contributed by atoms with Crippen molar-refractivity contribution in [1.82, 2.24) is 4.90 Å². The molecule has 0 heterocycles. The van der Waals surface area contributed by atoms with Crippen molar-refractivity contribution >= 4 is 0 Å². The summed E-state index contributed by atoms with van der Waals surface area (Å²) in [5.41, 5.74) is 0. The number of unbranched alkanes of at least 4 members (excludes halogenated alkanes) is 3. The molecule has 0 bridgehead atoms. The third kappa shape index (κ3) is 12.6. The molecule has 0 radical (unpaired) electrons. The van der Waals surface area contributed by atoms with Crippen LogP contribution in [0.15, 0.2) is 0 Å². The van der Waals surface area contributed by atoms with E-state index in [1.54, 1.807) is 0 Å². The van der Waals surface area contributed by atoms with Crippen molar-refractivity contribution in [3.63, 3.8) is 0 Å². The Balaban J connectivity index is 0. The second kappa shape index (κ2) is 13.5. The predicted molar refractivity (Wildman–Crippen MR) is 58.7 cm³/mol. The summed E-state index contributed by atoms with van der Waals surface area (Å²) >= 11 is 0. The van der Waals surface area contributed by atoms with Crippen LogP contribution in [0.25, 0.3) is 0 Å². The molecule has 0 fully saturated rings. The summed E-state index contributed by atoms with van der Waals surface area (Å²) < 4.78 is 0. The second-order valence-corrected chi connectivity index (χ2v) is 2.96. The zero-order valence-electron chi connectivity index (χ0n) is 9.69. The molecule has 0 aromatic heterocycles. The van der Waals surface area contributed by atoms with E-state index in [0.29, 0.717) is 0 Å². The molecule has 1 nitrogen and oxygen atoms in total. The quantitative estimate of drug-likeness (QED) is 0.555. The van der Waals surface area contributed by atoms with Gasteiger partial charge in [-0.05, 0) is 26.6 Å². The fourth-order valence-electron chi connectivity index (χ4n) is 0.967. The minimum atomic E-state index is 1.19. The zero-order valence-corrected chi connectivity index (χ0v) is 9.69. The number of nitrogens with zero attached hydrogens (tertiary/aromatic N) is 1. The number of hydrogen-bond acceptors (Lipinski definition) is 1. The molecule has 12 heavy (non-hydrogen) atoms. The monoisotopic (exact) mass is 173 g/mol. The Labute approximate surface area is 79.2 Å². The van der Waals surface area contributed by atoms with Crippen LogP contribution in [0.4, 0.5) is 0 Å². The Hall–Kier alpha value is -0.0400. The molecule has 0 aliphatic heterocycles. The maximum atomic E-state index is 2.37. The standard InChI is InChI=1S/C9H21N.C2H6/c1-4-6-7-8-9-10(3)5-2;1-2/h4-9H2,1-3H3;1-2H3. The average molecular weight is 173 g/mol. The van der Waals surface area contributed by atoms with Crippen molar-refractivity contribution in [2.45, 2.75) is 53.4 Å². The molecule has 1 heteroatoms. The summed E-state index contributed by atoms with van der Waals surface area (Å²) in [7, 11) is 2.19. The van der Waals surface area contributed by atoms with Crippen molar-refractivity contribution in [3.05, 3.63) is 0 Å². The first-order chi connectivity index (χ1) is 5.81. The Kier molecular flexibility index (Phi) is 16.3. The summed E-state index contributed by atoms with van der Waals surface area (Å²) in [6.45, 7) is 10.9. The predicted octanol–water partition coefficient (Wildman–Crippen LogP) is 3.54. The smallest absolute Gasteiger partial charge is 0.00219 e. The topological polar surface area (TPSA) is 3.24 Å². The van der Waals surface area contributed by atoms with Gasteiger partial charge in [0, 0.05) is 0 Å². The highest BCUT2D eigenvalue weighted by Gasteiger charge is 1.92. The van der Waals surface area contributed by atoms with Crippen LogP contribution in [0.3, 0.4) is 0 Å². The molecule has 0 amide bonds. The van der Waals surface area contributed by atoms with Gasteiger partial charge < -0.3 is 4.90 Å². The molecule has 0 atom stereocenters. The minimum Gasteiger partial charge on any atom is -0.307 e. The molecule has 0 aliphatic carbocycles.